The molecule has 0 saturated carbocycles. The van der Waals surface area contributed by atoms with E-state index in [0.717, 1.165) is 16.8 Å². The molecule has 144 valence electrons. The molecular formula is C19H19N5O4. The second-order valence-electron chi connectivity index (χ2n) is 6.51. The Morgan fingerprint density at radius 1 is 1.21 bits per heavy atom. The first-order valence-corrected chi connectivity index (χ1v) is 8.83. The Labute approximate surface area is 161 Å². The molecule has 0 aromatic carbocycles. The third-order valence-corrected chi connectivity index (χ3v) is 4.38. The third-order valence-electron chi connectivity index (χ3n) is 4.38. The fourth-order valence-electron chi connectivity index (χ4n) is 2.64. The van der Waals surface area contributed by atoms with Crippen molar-refractivity contribution in [1.29, 1.82) is 0 Å². The predicted molar refractivity (Wildman–Crippen MR) is 97.6 cm³/mol. The second kappa shape index (κ2) is 7.73. The minimum Gasteiger partial charge on any atom is -0.472 e. The van der Waals surface area contributed by atoms with Gasteiger partial charge in [0.15, 0.2) is 5.69 Å². The van der Waals surface area contributed by atoms with E-state index in [2.05, 4.69) is 25.7 Å². The van der Waals surface area contributed by atoms with Gasteiger partial charge < -0.3 is 19.3 Å². The summed E-state index contributed by atoms with van der Waals surface area (Å²) in [6, 6.07) is 7.06. The largest absolute Gasteiger partial charge is 0.472 e. The van der Waals surface area contributed by atoms with Crippen LogP contribution in [-0.2, 0) is 11.3 Å². The summed E-state index contributed by atoms with van der Waals surface area (Å²) < 4.78 is 16.1. The standard InChI is InChI=1S/C19H19N5O4/c1-11-3-4-13(7-20-11)18-15(12(2)28-24-18)10-27-17-6-5-16(22-23-17)19(25)21-14-8-26-9-14/h3-7,14H,8-10H2,1-2H3,(H,21,25). The maximum atomic E-state index is 12.0. The SMILES string of the molecule is Cc1ccc(-c2noc(C)c2COc2ccc(C(=O)NC3COC3)nn2)cn1. The van der Waals surface area contributed by atoms with Crippen molar-refractivity contribution in [2.45, 2.75) is 26.5 Å². The zero-order valence-corrected chi connectivity index (χ0v) is 15.5. The molecule has 4 heterocycles. The van der Waals surface area contributed by atoms with Gasteiger partial charge in [0.25, 0.3) is 5.91 Å². The van der Waals surface area contributed by atoms with Crippen molar-refractivity contribution in [2.24, 2.45) is 0 Å². The number of aryl methyl sites for hydroxylation is 2. The summed E-state index contributed by atoms with van der Waals surface area (Å²) in [4.78, 5) is 16.3. The Kier molecular flexibility index (Phi) is 4.98. The van der Waals surface area contributed by atoms with Crippen molar-refractivity contribution < 1.29 is 18.8 Å². The Bertz CT molecular complexity index is 965. The van der Waals surface area contributed by atoms with E-state index in [1.807, 2.05) is 26.0 Å². The van der Waals surface area contributed by atoms with Gasteiger partial charge in [-0.1, -0.05) is 5.16 Å². The topological polar surface area (TPSA) is 112 Å². The van der Waals surface area contributed by atoms with E-state index >= 15 is 0 Å². The number of nitrogens with one attached hydrogen (secondary N) is 1. The van der Waals surface area contributed by atoms with Crippen LogP contribution in [0.15, 0.2) is 35.0 Å². The van der Waals surface area contributed by atoms with Gasteiger partial charge >= 0.3 is 0 Å². The summed E-state index contributed by atoms with van der Waals surface area (Å²) in [5.41, 5.74) is 3.48. The molecule has 0 bridgehead atoms. The van der Waals surface area contributed by atoms with Crippen molar-refractivity contribution in [3.63, 3.8) is 0 Å². The van der Waals surface area contributed by atoms with Crippen molar-refractivity contribution in [3.05, 3.63) is 53.2 Å². The van der Waals surface area contributed by atoms with Gasteiger partial charge in [0.2, 0.25) is 5.88 Å². The van der Waals surface area contributed by atoms with Gasteiger partial charge in [-0.3, -0.25) is 9.78 Å². The number of hydrogen-bond acceptors (Lipinski definition) is 8. The van der Waals surface area contributed by atoms with Gasteiger partial charge in [-0.15, -0.1) is 10.2 Å². The van der Waals surface area contributed by atoms with E-state index in [4.69, 9.17) is 14.0 Å². The quantitative estimate of drug-likeness (QED) is 0.688. The Morgan fingerprint density at radius 3 is 2.71 bits per heavy atom. The summed E-state index contributed by atoms with van der Waals surface area (Å²) in [7, 11) is 0. The molecule has 9 nitrogen and oxygen atoms in total. The first-order valence-electron chi connectivity index (χ1n) is 8.83. The highest BCUT2D eigenvalue weighted by molar-refractivity contribution is 5.92. The molecule has 0 atom stereocenters. The average Bonchev–Trinajstić information content (AvgIpc) is 3.04. The molecule has 4 rings (SSSR count). The molecule has 9 heteroatoms. The van der Waals surface area contributed by atoms with Gasteiger partial charge in [0.05, 0.1) is 24.8 Å². The molecule has 0 aliphatic carbocycles. The molecule has 0 unspecified atom stereocenters. The smallest absolute Gasteiger partial charge is 0.272 e. The summed E-state index contributed by atoms with van der Waals surface area (Å²) in [5.74, 6) is 0.677. The Hall–Kier alpha value is -3.33. The summed E-state index contributed by atoms with van der Waals surface area (Å²) in [5, 5.41) is 14.8. The van der Waals surface area contributed by atoms with Crippen molar-refractivity contribution in [1.82, 2.24) is 25.7 Å². The Morgan fingerprint density at radius 2 is 2.07 bits per heavy atom. The molecule has 1 amide bonds. The lowest BCUT2D eigenvalue weighted by Crippen LogP contribution is -2.48. The first-order chi connectivity index (χ1) is 13.6. The number of rotatable bonds is 6. The number of hydrogen-bond donors (Lipinski definition) is 1. The van der Waals surface area contributed by atoms with E-state index in [-0.39, 0.29) is 24.2 Å². The van der Waals surface area contributed by atoms with Crippen LogP contribution in [0.3, 0.4) is 0 Å². The predicted octanol–water partition coefficient (Wildman–Crippen LogP) is 1.85. The summed E-state index contributed by atoms with van der Waals surface area (Å²) in [6.07, 6.45) is 1.75. The zero-order valence-electron chi connectivity index (χ0n) is 15.5. The molecule has 0 spiro atoms. The number of carbonyl (C=O) groups excluding carboxylic acids is 1. The maximum absolute atomic E-state index is 12.0. The van der Waals surface area contributed by atoms with Crippen LogP contribution in [0.4, 0.5) is 0 Å². The average molecular weight is 381 g/mol. The maximum Gasteiger partial charge on any atom is 0.272 e. The van der Waals surface area contributed by atoms with Gasteiger partial charge in [0, 0.05) is 23.5 Å². The number of nitrogens with zero attached hydrogens (tertiary/aromatic N) is 4. The number of ether oxygens (including phenoxy) is 2. The first kappa shape index (κ1) is 18.1. The third kappa shape index (κ3) is 3.84. The normalized spacial score (nSPS) is 13.8. The minimum absolute atomic E-state index is 0.0384. The molecule has 1 aliphatic rings. The van der Waals surface area contributed by atoms with Crippen LogP contribution in [0.1, 0.15) is 27.5 Å². The van der Waals surface area contributed by atoms with Crippen LogP contribution < -0.4 is 10.1 Å². The molecule has 28 heavy (non-hydrogen) atoms. The van der Waals surface area contributed by atoms with Crippen LogP contribution in [0.25, 0.3) is 11.3 Å². The van der Waals surface area contributed by atoms with Crippen LogP contribution in [0.2, 0.25) is 0 Å². The summed E-state index contributed by atoms with van der Waals surface area (Å²) in [6.45, 7) is 5.00. The van der Waals surface area contributed by atoms with Gasteiger partial charge in [0.1, 0.15) is 18.1 Å². The van der Waals surface area contributed by atoms with Gasteiger partial charge in [-0.2, -0.15) is 0 Å². The number of pyridine rings is 1. The summed E-state index contributed by atoms with van der Waals surface area (Å²) >= 11 is 0. The van der Waals surface area contributed by atoms with E-state index in [9.17, 15) is 4.79 Å². The molecule has 3 aromatic rings. The van der Waals surface area contributed by atoms with Crippen LogP contribution >= 0.6 is 0 Å². The lowest BCUT2D eigenvalue weighted by molar-refractivity contribution is -0.00357. The van der Waals surface area contributed by atoms with Crippen molar-refractivity contribution in [2.75, 3.05) is 13.2 Å². The lowest BCUT2D eigenvalue weighted by atomic mass is 10.1. The molecular weight excluding hydrogens is 362 g/mol. The molecule has 1 aliphatic heterocycles. The van der Waals surface area contributed by atoms with Crippen LogP contribution in [0.5, 0.6) is 5.88 Å². The highest BCUT2D eigenvalue weighted by Gasteiger charge is 2.22. The van der Waals surface area contributed by atoms with E-state index in [1.54, 1.807) is 18.3 Å². The van der Waals surface area contributed by atoms with Gasteiger partial charge in [-0.05, 0) is 32.0 Å². The fourth-order valence-corrected chi connectivity index (χ4v) is 2.64. The van der Waals surface area contributed by atoms with E-state index in [0.29, 0.717) is 30.5 Å². The van der Waals surface area contributed by atoms with Crippen LogP contribution in [0, 0.1) is 13.8 Å². The fraction of sp³-hybridized carbons (Fsp3) is 0.316. The van der Waals surface area contributed by atoms with Gasteiger partial charge in [-0.25, -0.2) is 0 Å². The van der Waals surface area contributed by atoms with E-state index < -0.39 is 0 Å². The Balaban J connectivity index is 1.42. The number of aromatic nitrogens is 4. The number of carbonyl (C=O) groups is 1. The molecule has 1 fully saturated rings. The van der Waals surface area contributed by atoms with E-state index in [1.165, 1.54) is 0 Å². The van der Waals surface area contributed by atoms with Crippen molar-refractivity contribution in [3.8, 4) is 17.1 Å². The highest BCUT2D eigenvalue weighted by atomic mass is 16.5. The lowest BCUT2D eigenvalue weighted by Gasteiger charge is -2.26. The number of amides is 1. The zero-order chi connectivity index (χ0) is 19.5. The van der Waals surface area contributed by atoms with Crippen molar-refractivity contribution >= 4 is 5.91 Å². The minimum atomic E-state index is -0.281. The molecule has 3 aromatic heterocycles. The monoisotopic (exact) mass is 381 g/mol. The highest BCUT2D eigenvalue weighted by Crippen LogP contribution is 2.25. The van der Waals surface area contributed by atoms with Crippen LogP contribution in [-0.4, -0.2) is 45.5 Å². The molecule has 1 N–H and O–H groups in total. The molecule has 0 radical (unpaired) electrons. The molecule has 1 saturated heterocycles. The second-order valence-corrected chi connectivity index (χ2v) is 6.51.